The van der Waals surface area contributed by atoms with Gasteiger partial charge < -0.3 is 5.32 Å². The molecule has 7 heteroatoms. The Kier molecular flexibility index (Phi) is 4.24. The summed E-state index contributed by atoms with van der Waals surface area (Å²) >= 11 is 5.56. The quantitative estimate of drug-likeness (QED) is 0.948. The Morgan fingerprint density at radius 1 is 1.20 bits per heavy atom. The maximum atomic E-state index is 13.6. The molecule has 0 saturated carbocycles. The maximum absolute atomic E-state index is 13.6. The zero-order chi connectivity index (χ0) is 14.7. The molecule has 0 spiro atoms. The van der Waals surface area contributed by atoms with E-state index in [1.165, 1.54) is 25.1 Å². The van der Waals surface area contributed by atoms with E-state index >= 15 is 0 Å². The van der Waals surface area contributed by atoms with Crippen LogP contribution in [0.5, 0.6) is 0 Å². The normalized spacial score (nSPS) is 12.0. The molecule has 1 amide bonds. The Morgan fingerprint density at radius 2 is 1.85 bits per heavy atom. The number of hydrogen-bond acceptors (Lipinski definition) is 3. The van der Waals surface area contributed by atoms with E-state index in [1.54, 1.807) is 0 Å². The highest BCUT2D eigenvalue weighted by Crippen LogP contribution is 2.20. The summed E-state index contributed by atoms with van der Waals surface area (Å²) in [5, 5.41) is 9.71. The zero-order valence-electron chi connectivity index (χ0n) is 10.4. The molecule has 104 valence electrons. The van der Waals surface area contributed by atoms with Gasteiger partial charge in [0.15, 0.2) is 10.8 Å². The Labute approximate surface area is 118 Å². The molecular weight excluding hydrogens is 288 g/mol. The average molecular weight is 298 g/mol. The molecule has 0 aliphatic heterocycles. The van der Waals surface area contributed by atoms with Crippen molar-refractivity contribution in [2.45, 2.75) is 13.0 Å². The Hall–Kier alpha value is -2.08. The van der Waals surface area contributed by atoms with Gasteiger partial charge in [-0.25, -0.2) is 8.78 Å². The van der Waals surface area contributed by atoms with Gasteiger partial charge in [0.25, 0.3) is 5.91 Å². The lowest BCUT2D eigenvalue weighted by atomic mass is 10.1. The predicted molar refractivity (Wildman–Crippen MR) is 69.3 cm³/mol. The molecule has 20 heavy (non-hydrogen) atoms. The summed E-state index contributed by atoms with van der Waals surface area (Å²) in [5.74, 6) is -2.04. The summed E-state index contributed by atoms with van der Waals surface area (Å²) in [7, 11) is 0. The molecule has 0 fully saturated rings. The summed E-state index contributed by atoms with van der Waals surface area (Å²) < 4.78 is 27.1. The van der Waals surface area contributed by atoms with E-state index in [9.17, 15) is 13.6 Å². The van der Waals surface area contributed by atoms with Crippen molar-refractivity contribution in [2.75, 3.05) is 0 Å². The fraction of sp³-hybridized carbons (Fsp3) is 0.154. The van der Waals surface area contributed by atoms with Crippen LogP contribution in [-0.4, -0.2) is 16.1 Å². The van der Waals surface area contributed by atoms with E-state index in [0.29, 0.717) is 0 Å². The minimum Gasteiger partial charge on any atom is -0.344 e. The van der Waals surface area contributed by atoms with Gasteiger partial charge in [0.05, 0.1) is 6.04 Å². The lowest BCUT2D eigenvalue weighted by molar-refractivity contribution is 0.0932. The molecule has 1 aromatic carbocycles. The van der Waals surface area contributed by atoms with Gasteiger partial charge in [-0.2, -0.15) is 0 Å². The Balaban J connectivity index is 2.17. The van der Waals surface area contributed by atoms with E-state index in [1.807, 2.05) is 0 Å². The van der Waals surface area contributed by atoms with Crippen LogP contribution < -0.4 is 5.32 Å². The number of hydrogen-bond donors (Lipinski definition) is 1. The number of halogens is 3. The molecule has 1 atom stereocenters. The fourth-order valence-electron chi connectivity index (χ4n) is 1.70. The first-order valence-electron chi connectivity index (χ1n) is 5.73. The largest absolute Gasteiger partial charge is 0.344 e. The number of nitrogens with one attached hydrogen (secondary N) is 1. The van der Waals surface area contributed by atoms with E-state index in [0.717, 1.165) is 12.1 Å². The van der Waals surface area contributed by atoms with Crippen molar-refractivity contribution in [3.05, 3.63) is 58.4 Å². The SMILES string of the molecule is CC(NC(=O)c1ccc(Cl)nn1)c1c(F)cccc1F. The third-order valence-electron chi connectivity index (χ3n) is 2.64. The highest BCUT2D eigenvalue weighted by atomic mass is 35.5. The summed E-state index contributed by atoms with van der Waals surface area (Å²) in [6.07, 6.45) is 0. The molecule has 1 aromatic heterocycles. The third-order valence-corrected chi connectivity index (χ3v) is 2.85. The second-order valence-corrected chi connectivity index (χ2v) is 4.46. The van der Waals surface area contributed by atoms with Gasteiger partial charge in [-0.1, -0.05) is 17.7 Å². The number of carbonyl (C=O) groups is 1. The number of benzene rings is 1. The second kappa shape index (κ2) is 5.92. The maximum Gasteiger partial charge on any atom is 0.272 e. The number of amides is 1. The van der Waals surface area contributed by atoms with Crippen LogP contribution in [0, 0.1) is 11.6 Å². The zero-order valence-corrected chi connectivity index (χ0v) is 11.2. The van der Waals surface area contributed by atoms with Crippen molar-refractivity contribution >= 4 is 17.5 Å². The van der Waals surface area contributed by atoms with Crippen LogP contribution in [0.15, 0.2) is 30.3 Å². The molecule has 0 aliphatic rings. The molecule has 0 bridgehead atoms. The predicted octanol–water partition coefficient (Wildman–Crippen LogP) is 2.90. The van der Waals surface area contributed by atoms with Gasteiger partial charge in [0.2, 0.25) is 0 Å². The summed E-state index contributed by atoms with van der Waals surface area (Å²) in [4.78, 5) is 11.9. The van der Waals surface area contributed by atoms with E-state index < -0.39 is 23.6 Å². The smallest absolute Gasteiger partial charge is 0.272 e. The first kappa shape index (κ1) is 14.3. The van der Waals surface area contributed by atoms with Crippen LogP contribution in [0.3, 0.4) is 0 Å². The van der Waals surface area contributed by atoms with Crippen molar-refractivity contribution in [2.24, 2.45) is 0 Å². The molecule has 0 radical (unpaired) electrons. The van der Waals surface area contributed by atoms with Gasteiger partial charge in [-0.05, 0) is 31.2 Å². The lowest BCUT2D eigenvalue weighted by Crippen LogP contribution is -2.28. The van der Waals surface area contributed by atoms with E-state index in [-0.39, 0.29) is 16.4 Å². The fourth-order valence-corrected chi connectivity index (χ4v) is 1.81. The topological polar surface area (TPSA) is 54.9 Å². The van der Waals surface area contributed by atoms with Crippen LogP contribution in [0.2, 0.25) is 5.15 Å². The van der Waals surface area contributed by atoms with Gasteiger partial charge in [0.1, 0.15) is 11.6 Å². The average Bonchev–Trinajstić information content (AvgIpc) is 2.39. The lowest BCUT2D eigenvalue weighted by Gasteiger charge is -2.15. The van der Waals surface area contributed by atoms with E-state index in [2.05, 4.69) is 15.5 Å². The molecule has 0 aliphatic carbocycles. The summed E-state index contributed by atoms with van der Waals surface area (Å²) in [5.41, 5.74) is -0.194. The van der Waals surface area contributed by atoms with E-state index in [4.69, 9.17) is 11.6 Å². The van der Waals surface area contributed by atoms with Crippen LogP contribution in [-0.2, 0) is 0 Å². The first-order valence-corrected chi connectivity index (χ1v) is 6.11. The highest BCUT2D eigenvalue weighted by Gasteiger charge is 2.19. The van der Waals surface area contributed by atoms with Crippen molar-refractivity contribution in [1.29, 1.82) is 0 Å². The van der Waals surface area contributed by atoms with Crippen LogP contribution in [0.4, 0.5) is 8.78 Å². The minimum atomic E-state index is -0.846. The summed E-state index contributed by atoms with van der Waals surface area (Å²) in [6, 6.07) is 5.44. The highest BCUT2D eigenvalue weighted by molar-refractivity contribution is 6.29. The molecule has 4 nitrogen and oxygen atoms in total. The second-order valence-electron chi connectivity index (χ2n) is 4.07. The molecule has 0 saturated heterocycles. The number of carbonyl (C=O) groups excluding carboxylic acids is 1. The Bertz CT molecular complexity index is 614. The molecular formula is C13H10ClF2N3O. The number of nitrogens with zero attached hydrogens (tertiary/aromatic N) is 2. The Morgan fingerprint density at radius 3 is 2.40 bits per heavy atom. The van der Waals surface area contributed by atoms with Gasteiger partial charge in [-0.3, -0.25) is 4.79 Å². The van der Waals surface area contributed by atoms with Gasteiger partial charge in [0, 0.05) is 5.56 Å². The van der Waals surface area contributed by atoms with Crippen molar-refractivity contribution in [1.82, 2.24) is 15.5 Å². The van der Waals surface area contributed by atoms with Crippen LogP contribution in [0.25, 0.3) is 0 Å². The monoisotopic (exact) mass is 297 g/mol. The standard InChI is InChI=1S/C13H10ClF2N3O/c1-7(12-8(15)3-2-4-9(12)16)17-13(20)10-5-6-11(14)19-18-10/h2-7H,1H3,(H,17,20). The van der Waals surface area contributed by atoms with Crippen molar-refractivity contribution < 1.29 is 13.6 Å². The van der Waals surface area contributed by atoms with Gasteiger partial charge in [-0.15, -0.1) is 10.2 Å². The molecule has 2 aromatic rings. The molecule has 2 rings (SSSR count). The number of aromatic nitrogens is 2. The van der Waals surface area contributed by atoms with Crippen LogP contribution >= 0.6 is 11.6 Å². The summed E-state index contributed by atoms with van der Waals surface area (Å²) in [6.45, 7) is 1.47. The third kappa shape index (κ3) is 3.08. The minimum absolute atomic E-state index is 0.0120. The van der Waals surface area contributed by atoms with Crippen molar-refractivity contribution in [3.8, 4) is 0 Å². The number of rotatable bonds is 3. The van der Waals surface area contributed by atoms with Crippen molar-refractivity contribution in [3.63, 3.8) is 0 Å². The molecule has 1 unspecified atom stereocenters. The van der Waals surface area contributed by atoms with Gasteiger partial charge >= 0.3 is 0 Å². The van der Waals surface area contributed by atoms with Crippen LogP contribution in [0.1, 0.15) is 29.0 Å². The first-order chi connectivity index (χ1) is 9.49. The molecule has 1 N–H and O–H groups in total. The molecule has 1 heterocycles.